The second-order valence-corrected chi connectivity index (χ2v) is 3.10. The van der Waals surface area contributed by atoms with E-state index in [1.54, 1.807) is 19.9 Å². The van der Waals surface area contributed by atoms with Gasteiger partial charge in [-0.25, -0.2) is 9.97 Å². The van der Waals surface area contributed by atoms with Crippen LogP contribution < -0.4 is 0 Å². The summed E-state index contributed by atoms with van der Waals surface area (Å²) in [4.78, 5) is 19.2. The highest BCUT2D eigenvalue weighted by molar-refractivity contribution is 6.29. The number of rotatable bonds is 3. The van der Waals surface area contributed by atoms with Crippen LogP contribution in [0.25, 0.3) is 0 Å². The highest BCUT2D eigenvalue weighted by atomic mass is 35.5. The van der Waals surface area contributed by atoms with Crippen molar-refractivity contribution in [2.75, 3.05) is 6.61 Å². The van der Waals surface area contributed by atoms with E-state index in [4.69, 9.17) is 16.3 Å². The van der Waals surface area contributed by atoms with Crippen molar-refractivity contribution >= 4 is 17.6 Å². The van der Waals surface area contributed by atoms with Crippen molar-refractivity contribution in [1.29, 1.82) is 0 Å². The van der Waals surface area contributed by atoms with Gasteiger partial charge in [-0.15, -0.1) is 0 Å². The summed E-state index contributed by atoms with van der Waals surface area (Å²) < 4.78 is 4.84. The molecule has 0 amide bonds. The number of aromatic nitrogens is 2. The molecule has 1 unspecified atom stereocenters. The molecule has 5 heteroatoms. The van der Waals surface area contributed by atoms with Crippen LogP contribution in [-0.4, -0.2) is 22.5 Å². The Morgan fingerprint density at radius 3 is 3.00 bits per heavy atom. The SMILES string of the molecule is CCOC(=O)C(C)c1nccc(Cl)n1. The Kier molecular flexibility index (Phi) is 3.83. The predicted octanol–water partition coefficient (Wildman–Crippen LogP) is 1.80. The zero-order valence-corrected chi connectivity index (χ0v) is 8.78. The third kappa shape index (κ3) is 2.67. The highest BCUT2D eigenvalue weighted by Crippen LogP contribution is 2.13. The Hall–Kier alpha value is -1.16. The van der Waals surface area contributed by atoms with Crippen LogP contribution in [0, 0.1) is 0 Å². The van der Waals surface area contributed by atoms with Crippen molar-refractivity contribution < 1.29 is 9.53 Å². The zero-order valence-electron chi connectivity index (χ0n) is 8.03. The fraction of sp³-hybridized carbons (Fsp3) is 0.444. The normalized spacial score (nSPS) is 12.2. The summed E-state index contributed by atoms with van der Waals surface area (Å²) in [5, 5.41) is 0.325. The molecule has 0 fully saturated rings. The Morgan fingerprint density at radius 2 is 2.43 bits per heavy atom. The van der Waals surface area contributed by atoms with Crippen LogP contribution in [0.5, 0.6) is 0 Å². The van der Waals surface area contributed by atoms with E-state index in [2.05, 4.69) is 9.97 Å². The molecule has 0 saturated carbocycles. The molecule has 14 heavy (non-hydrogen) atoms. The van der Waals surface area contributed by atoms with Gasteiger partial charge >= 0.3 is 5.97 Å². The van der Waals surface area contributed by atoms with Crippen molar-refractivity contribution in [1.82, 2.24) is 9.97 Å². The Morgan fingerprint density at radius 1 is 1.71 bits per heavy atom. The summed E-state index contributed by atoms with van der Waals surface area (Å²) in [5.41, 5.74) is 0. The van der Waals surface area contributed by atoms with Gasteiger partial charge in [-0.2, -0.15) is 0 Å². The Labute approximate surface area is 87.3 Å². The van der Waals surface area contributed by atoms with Crippen molar-refractivity contribution in [3.63, 3.8) is 0 Å². The van der Waals surface area contributed by atoms with Gasteiger partial charge in [-0.05, 0) is 19.9 Å². The number of hydrogen-bond donors (Lipinski definition) is 0. The number of ether oxygens (including phenoxy) is 1. The molecule has 0 radical (unpaired) electrons. The van der Waals surface area contributed by atoms with Gasteiger partial charge in [0.15, 0.2) is 0 Å². The Bertz CT molecular complexity index is 330. The molecule has 1 heterocycles. The topological polar surface area (TPSA) is 52.1 Å². The lowest BCUT2D eigenvalue weighted by Gasteiger charge is -2.08. The van der Waals surface area contributed by atoms with Crippen molar-refractivity contribution in [3.8, 4) is 0 Å². The first-order chi connectivity index (χ1) is 6.65. The van der Waals surface area contributed by atoms with Crippen LogP contribution in [0.2, 0.25) is 5.15 Å². The van der Waals surface area contributed by atoms with Gasteiger partial charge in [0.25, 0.3) is 0 Å². The molecule has 0 N–H and O–H groups in total. The monoisotopic (exact) mass is 214 g/mol. The number of carbonyl (C=O) groups is 1. The molecule has 76 valence electrons. The van der Waals surface area contributed by atoms with Crippen molar-refractivity contribution in [2.45, 2.75) is 19.8 Å². The number of nitrogens with zero attached hydrogens (tertiary/aromatic N) is 2. The fourth-order valence-electron chi connectivity index (χ4n) is 0.932. The second kappa shape index (κ2) is 4.91. The number of halogens is 1. The molecule has 0 aliphatic heterocycles. The zero-order chi connectivity index (χ0) is 10.6. The first-order valence-corrected chi connectivity index (χ1v) is 4.68. The molecular formula is C9H11ClN2O2. The van der Waals surface area contributed by atoms with Gasteiger partial charge < -0.3 is 4.74 Å². The third-order valence-corrected chi connectivity index (χ3v) is 1.88. The summed E-state index contributed by atoms with van der Waals surface area (Å²) >= 11 is 5.67. The lowest BCUT2D eigenvalue weighted by molar-refractivity contribution is -0.144. The molecule has 0 aromatic carbocycles. The van der Waals surface area contributed by atoms with E-state index in [1.165, 1.54) is 6.20 Å². The summed E-state index contributed by atoms with van der Waals surface area (Å²) in [5.74, 6) is -0.431. The summed E-state index contributed by atoms with van der Waals surface area (Å²) in [6.07, 6.45) is 1.51. The van der Waals surface area contributed by atoms with Gasteiger partial charge in [-0.1, -0.05) is 11.6 Å². The van der Waals surface area contributed by atoms with Crippen LogP contribution >= 0.6 is 11.6 Å². The number of carbonyl (C=O) groups excluding carboxylic acids is 1. The molecule has 4 nitrogen and oxygen atoms in total. The van der Waals surface area contributed by atoms with Crippen LogP contribution in [0.3, 0.4) is 0 Å². The predicted molar refractivity (Wildman–Crippen MR) is 52.1 cm³/mol. The molecule has 0 saturated heterocycles. The molecule has 0 bridgehead atoms. The first kappa shape index (κ1) is 10.9. The summed E-state index contributed by atoms with van der Waals surface area (Å²) in [7, 11) is 0. The fourth-order valence-corrected chi connectivity index (χ4v) is 1.07. The minimum atomic E-state index is -0.478. The van der Waals surface area contributed by atoms with E-state index >= 15 is 0 Å². The quantitative estimate of drug-likeness (QED) is 0.569. The standard InChI is InChI=1S/C9H11ClN2O2/c1-3-14-9(13)6(2)8-11-5-4-7(10)12-8/h4-6H,3H2,1-2H3. The average molecular weight is 215 g/mol. The number of hydrogen-bond acceptors (Lipinski definition) is 4. The molecule has 1 aromatic rings. The summed E-state index contributed by atoms with van der Waals surface area (Å²) in [6, 6.07) is 1.56. The van der Waals surface area contributed by atoms with E-state index in [0.29, 0.717) is 17.6 Å². The minimum absolute atomic E-state index is 0.325. The van der Waals surface area contributed by atoms with E-state index in [9.17, 15) is 4.79 Å². The van der Waals surface area contributed by atoms with Crippen molar-refractivity contribution in [2.24, 2.45) is 0 Å². The molecule has 1 rings (SSSR count). The molecular weight excluding hydrogens is 204 g/mol. The molecule has 0 spiro atoms. The molecule has 1 aromatic heterocycles. The maximum absolute atomic E-state index is 11.3. The van der Waals surface area contributed by atoms with Gasteiger partial charge in [0.1, 0.15) is 16.9 Å². The maximum Gasteiger partial charge on any atom is 0.316 e. The summed E-state index contributed by atoms with van der Waals surface area (Å²) in [6.45, 7) is 3.79. The highest BCUT2D eigenvalue weighted by Gasteiger charge is 2.19. The van der Waals surface area contributed by atoms with Crippen molar-refractivity contribution in [3.05, 3.63) is 23.2 Å². The van der Waals surface area contributed by atoms with Crippen LogP contribution in [-0.2, 0) is 9.53 Å². The lowest BCUT2D eigenvalue weighted by atomic mass is 10.2. The average Bonchev–Trinajstić information content (AvgIpc) is 2.17. The van der Waals surface area contributed by atoms with Crippen LogP contribution in [0.15, 0.2) is 12.3 Å². The molecule has 0 aliphatic rings. The molecule has 1 atom stereocenters. The van der Waals surface area contributed by atoms with Crippen LogP contribution in [0.1, 0.15) is 25.6 Å². The van der Waals surface area contributed by atoms with E-state index in [-0.39, 0.29) is 5.97 Å². The largest absolute Gasteiger partial charge is 0.465 e. The smallest absolute Gasteiger partial charge is 0.316 e. The van der Waals surface area contributed by atoms with Gasteiger partial charge in [0, 0.05) is 6.20 Å². The van der Waals surface area contributed by atoms with Gasteiger partial charge in [-0.3, -0.25) is 4.79 Å². The number of esters is 1. The second-order valence-electron chi connectivity index (χ2n) is 2.71. The maximum atomic E-state index is 11.3. The lowest BCUT2D eigenvalue weighted by Crippen LogP contribution is -2.15. The third-order valence-electron chi connectivity index (χ3n) is 1.67. The first-order valence-electron chi connectivity index (χ1n) is 4.30. The van der Waals surface area contributed by atoms with E-state index < -0.39 is 5.92 Å². The van der Waals surface area contributed by atoms with E-state index in [1.807, 2.05) is 0 Å². The molecule has 0 aliphatic carbocycles. The van der Waals surface area contributed by atoms with Gasteiger partial charge in [0.05, 0.1) is 6.61 Å². The van der Waals surface area contributed by atoms with E-state index in [0.717, 1.165) is 0 Å². The van der Waals surface area contributed by atoms with Gasteiger partial charge in [0.2, 0.25) is 0 Å². The minimum Gasteiger partial charge on any atom is -0.465 e. The Balaban J connectivity index is 2.78. The van der Waals surface area contributed by atoms with Crippen LogP contribution in [0.4, 0.5) is 0 Å².